The number of aromatic amines is 1. The fraction of sp³-hybridized carbons (Fsp3) is 0.0833. The summed E-state index contributed by atoms with van der Waals surface area (Å²) in [4.78, 5) is 3.09. The molecule has 1 heterocycles. The van der Waals surface area contributed by atoms with Gasteiger partial charge in [0, 0.05) is 11.4 Å². The van der Waals surface area contributed by atoms with Crippen molar-refractivity contribution in [1.82, 2.24) is 4.98 Å². The SMILES string of the molecule is Cc1[nH]c(-c2ccc(F)cc2)cc1C#N. The van der Waals surface area contributed by atoms with Crippen LogP contribution < -0.4 is 0 Å². The predicted octanol–water partition coefficient (Wildman–Crippen LogP) is 3.00. The average molecular weight is 200 g/mol. The summed E-state index contributed by atoms with van der Waals surface area (Å²) in [5, 5.41) is 8.79. The van der Waals surface area contributed by atoms with Gasteiger partial charge in [-0.15, -0.1) is 0 Å². The van der Waals surface area contributed by atoms with Crippen LogP contribution in [-0.4, -0.2) is 4.98 Å². The molecule has 2 rings (SSSR count). The van der Waals surface area contributed by atoms with Crippen LogP contribution in [0.15, 0.2) is 30.3 Å². The van der Waals surface area contributed by atoms with E-state index in [-0.39, 0.29) is 5.82 Å². The predicted molar refractivity (Wildman–Crippen MR) is 55.6 cm³/mol. The Bertz CT molecular complexity index is 518. The van der Waals surface area contributed by atoms with E-state index in [0.717, 1.165) is 17.0 Å². The first-order valence-electron chi connectivity index (χ1n) is 4.56. The zero-order valence-corrected chi connectivity index (χ0v) is 8.21. The van der Waals surface area contributed by atoms with Crippen molar-refractivity contribution in [2.45, 2.75) is 6.92 Å². The maximum Gasteiger partial charge on any atom is 0.123 e. The molecule has 0 bridgehead atoms. The van der Waals surface area contributed by atoms with Gasteiger partial charge in [0.2, 0.25) is 0 Å². The lowest BCUT2D eigenvalue weighted by Gasteiger charge is -1.96. The van der Waals surface area contributed by atoms with E-state index in [4.69, 9.17) is 5.26 Å². The zero-order chi connectivity index (χ0) is 10.8. The van der Waals surface area contributed by atoms with E-state index in [2.05, 4.69) is 11.1 Å². The second kappa shape index (κ2) is 3.58. The molecule has 0 saturated heterocycles. The van der Waals surface area contributed by atoms with E-state index in [9.17, 15) is 4.39 Å². The highest BCUT2D eigenvalue weighted by atomic mass is 19.1. The van der Waals surface area contributed by atoms with Gasteiger partial charge in [0.05, 0.1) is 5.56 Å². The number of hydrogen-bond donors (Lipinski definition) is 1. The summed E-state index contributed by atoms with van der Waals surface area (Å²) in [6, 6.07) is 10.0. The Labute approximate surface area is 87.0 Å². The Hall–Kier alpha value is -2.08. The quantitative estimate of drug-likeness (QED) is 0.755. The van der Waals surface area contributed by atoms with Gasteiger partial charge in [-0.3, -0.25) is 0 Å². The molecule has 0 radical (unpaired) electrons. The second-order valence-electron chi connectivity index (χ2n) is 3.34. The number of H-pyrrole nitrogens is 1. The standard InChI is InChI=1S/C12H9FN2/c1-8-10(7-14)6-12(15-8)9-2-4-11(13)5-3-9/h2-6,15H,1H3. The van der Waals surface area contributed by atoms with Gasteiger partial charge in [-0.2, -0.15) is 5.26 Å². The highest BCUT2D eigenvalue weighted by Gasteiger charge is 2.05. The van der Waals surface area contributed by atoms with Crippen molar-refractivity contribution in [2.75, 3.05) is 0 Å². The van der Waals surface area contributed by atoms with E-state index >= 15 is 0 Å². The molecule has 3 heteroatoms. The van der Waals surface area contributed by atoms with Crippen molar-refractivity contribution in [2.24, 2.45) is 0 Å². The summed E-state index contributed by atoms with van der Waals surface area (Å²) in [5.74, 6) is -0.262. The minimum atomic E-state index is -0.262. The van der Waals surface area contributed by atoms with Gasteiger partial charge >= 0.3 is 0 Å². The minimum absolute atomic E-state index is 0.262. The van der Waals surface area contributed by atoms with Gasteiger partial charge in [0.15, 0.2) is 0 Å². The Morgan fingerprint density at radius 1 is 1.27 bits per heavy atom. The molecule has 15 heavy (non-hydrogen) atoms. The second-order valence-corrected chi connectivity index (χ2v) is 3.34. The fourth-order valence-corrected chi connectivity index (χ4v) is 1.46. The van der Waals surface area contributed by atoms with E-state index in [1.807, 2.05) is 6.92 Å². The topological polar surface area (TPSA) is 39.6 Å². The number of nitrogens with zero attached hydrogens (tertiary/aromatic N) is 1. The summed E-state index contributed by atoms with van der Waals surface area (Å²) >= 11 is 0. The van der Waals surface area contributed by atoms with E-state index < -0.39 is 0 Å². The number of hydrogen-bond acceptors (Lipinski definition) is 1. The van der Waals surface area contributed by atoms with E-state index in [1.54, 1.807) is 18.2 Å². The van der Waals surface area contributed by atoms with Gasteiger partial charge in [-0.05, 0) is 42.8 Å². The monoisotopic (exact) mass is 200 g/mol. The summed E-state index contributed by atoms with van der Waals surface area (Å²) < 4.78 is 12.7. The first kappa shape index (κ1) is 9.47. The summed E-state index contributed by atoms with van der Waals surface area (Å²) in [6.07, 6.45) is 0. The zero-order valence-electron chi connectivity index (χ0n) is 8.21. The average Bonchev–Trinajstić information content (AvgIpc) is 2.61. The maximum atomic E-state index is 12.7. The van der Waals surface area contributed by atoms with Crippen LogP contribution in [0, 0.1) is 24.1 Å². The molecule has 1 N–H and O–H groups in total. The third kappa shape index (κ3) is 1.75. The molecule has 0 saturated carbocycles. The molecule has 0 aliphatic carbocycles. The van der Waals surface area contributed by atoms with Crippen LogP contribution in [0.5, 0.6) is 0 Å². The number of nitriles is 1. The van der Waals surface area contributed by atoms with Gasteiger partial charge < -0.3 is 4.98 Å². The molecule has 1 aromatic carbocycles. The first-order valence-corrected chi connectivity index (χ1v) is 4.56. The molecular formula is C12H9FN2. The largest absolute Gasteiger partial charge is 0.358 e. The fourth-order valence-electron chi connectivity index (χ4n) is 1.46. The van der Waals surface area contributed by atoms with Gasteiger partial charge in [0.25, 0.3) is 0 Å². The van der Waals surface area contributed by atoms with E-state index in [0.29, 0.717) is 5.56 Å². The van der Waals surface area contributed by atoms with Crippen LogP contribution in [0.1, 0.15) is 11.3 Å². The number of halogens is 1. The van der Waals surface area contributed by atoms with Crippen LogP contribution in [-0.2, 0) is 0 Å². The summed E-state index contributed by atoms with van der Waals surface area (Å²) in [7, 11) is 0. The van der Waals surface area contributed by atoms with Crippen LogP contribution in [0.3, 0.4) is 0 Å². The third-order valence-electron chi connectivity index (χ3n) is 2.29. The minimum Gasteiger partial charge on any atom is -0.358 e. The molecule has 2 nitrogen and oxygen atoms in total. The maximum absolute atomic E-state index is 12.7. The van der Waals surface area contributed by atoms with Crippen molar-refractivity contribution in [3.8, 4) is 17.3 Å². The van der Waals surface area contributed by atoms with Crippen LogP contribution in [0.2, 0.25) is 0 Å². The molecule has 0 unspecified atom stereocenters. The van der Waals surface area contributed by atoms with Crippen molar-refractivity contribution in [3.05, 3.63) is 47.4 Å². The molecule has 0 atom stereocenters. The lowest BCUT2D eigenvalue weighted by Crippen LogP contribution is -1.78. The van der Waals surface area contributed by atoms with Crippen molar-refractivity contribution >= 4 is 0 Å². The molecule has 0 aliphatic heterocycles. The number of aromatic nitrogens is 1. The summed E-state index contributed by atoms with van der Waals surface area (Å²) in [5.41, 5.74) is 3.16. The van der Waals surface area contributed by atoms with Crippen molar-refractivity contribution in [3.63, 3.8) is 0 Å². The van der Waals surface area contributed by atoms with Gasteiger partial charge in [-0.1, -0.05) is 0 Å². The lowest BCUT2D eigenvalue weighted by atomic mass is 10.1. The number of rotatable bonds is 1. The molecular weight excluding hydrogens is 191 g/mol. The van der Waals surface area contributed by atoms with Crippen LogP contribution in [0.4, 0.5) is 4.39 Å². The van der Waals surface area contributed by atoms with Gasteiger partial charge in [-0.25, -0.2) is 4.39 Å². The number of benzene rings is 1. The Kier molecular flexibility index (Phi) is 2.26. The van der Waals surface area contributed by atoms with E-state index in [1.165, 1.54) is 12.1 Å². The molecule has 0 amide bonds. The Morgan fingerprint density at radius 3 is 2.47 bits per heavy atom. The number of nitrogens with one attached hydrogen (secondary N) is 1. The Balaban J connectivity index is 2.46. The normalized spacial score (nSPS) is 9.93. The number of aryl methyl sites for hydroxylation is 1. The first-order chi connectivity index (χ1) is 7.20. The molecule has 0 spiro atoms. The van der Waals surface area contributed by atoms with Crippen molar-refractivity contribution in [1.29, 1.82) is 5.26 Å². The molecule has 0 fully saturated rings. The smallest absolute Gasteiger partial charge is 0.123 e. The molecule has 1 aromatic heterocycles. The third-order valence-corrected chi connectivity index (χ3v) is 2.29. The van der Waals surface area contributed by atoms with Crippen molar-refractivity contribution < 1.29 is 4.39 Å². The van der Waals surface area contributed by atoms with Gasteiger partial charge in [0.1, 0.15) is 11.9 Å². The van der Waals surface area contributed by atoms with Crippen LogP contribution in [0.25, 0.3) is 11.3 Å². The summed E-state index contributed by atoms with van der Waals surface area (Å²) in [6.45, 7) is 1.84. The molecule has 2 aromatic rings. The highest BCUT2D eigenvalue weighted by Crippen LogP contribution is 2.21. The molecule has 0 aliphatic rings. The highest BCUT2D eigenvalue weighted by molar-refractivity contribution is 5.62. The Morgan fingerprint density at radius 2 is 1.93 bits per heavy atom. The lowest BCUT2D eigenvalue weighted by molar-refractivity contribution is 0.628. The molecule has 74 valence electrons. The van der Waals surface area contributed by atoms with Crippen LogP contribution >= 0.6 is 0 Å².